The largest absolute Gasteiger partial charge is 0.377 e. The number of nitrogens with zero attached hydrogens (tertiary/aromatic N) is 3. The third-order valence-corrected chi connectivity index (χ3v) is 5.27. The third kappa shape index (κ3) is 1.79. The molecule has 0 saturated heterocycles. The molecule has 2 heterocycles. The second kappa shape index (κ2) is 4.94. The van der Waals surface area contributed by atoms with E-state index >= 15 is 0 Å². The summed E-state index contributed by atoms with van der Waals surface area (Å²) in [5, 5.41) is 3.85. The molecule has 0 aliphatic carbocycles. The van der Waals surface area contributed by atoms with Crippen LogP contribution in [0, 0.1) is 13.8 Å². The summed E-state index contributed by atoms with van der Waals surface area (Å²) in [7, 11) is 4.05. The van der Waals surface area contributed by atoms with Crippen LogP contribution < -0.4 is 10.5 Å². The molecule has 4 heteroatoms. The highest BCUT2D eigenvalue weighted by atomic mass is 16.1. The molecule has 0 fully saturated rings. The van der Waals surface area contributed by atoms with E-state index in [9.17, 15) is 4.79 Å². The molecule has 0 aliphatic heterocycles. The molecular weight excluding hydrogens is 322 g/mol. The summed E-state index contributed by atoms with van der Waals surface area (Å²) >= 11 is 0. The Kier molecular flexibility index (Phi) is 2.88. The maximum Gasteiger partial charge on any atom is 0.264 e. The highest BCUT2D eigenvalue weighted by Gasteiger charge is 2.18. The first kappa shape index (κ1) is 15.1. The molecule has 0 bridgehead atoms. The third-order valence-electron chi connectivity index (χ3n) is 5.27. The predicted molar refractivity (Wildman–Crippen MR) is 109 cm³/mol. The number of imidazole rings is 1. The molecule has 0 unspecified atom stereocenters. The van der Waals surface area contributed by atoms with Gasteiger partial charge in [-0.1, -0.05) is 18.2 Å². The van der Waals surface area contributed by atoms with Crippen molar-refractivity contribution in [1.82, 2.24) is 9.38 Å². The Morgan fingerprint density at radius 3 is 2.50 bits per heavy atom. The first-order valence-corrected chi connectivity index (χ1v) is 8.75. The molecule has 128 valence electrons. The molecule has 0 N–H and O–H groups in total. The van der Waals surface area contributed by atoms with Crippen molar-refractivity contribution in [3.05, 3.63) is 63.9 Å². The summed E-state index contributed by atoms with van der Waals surface area (Å²) in [5.74, 6) is 0. The maximum atomic E-state index is 13.4. The lowest BCUT2D eigenvalue weighted by Crippen LogP contribution is -2.14. The van der Waals surface area contributed by atoms with Gasteiger partial charge in [0.25, 0.3) is 5.56 Å². The lowest BCUT2D eigenvalue weighted by atomic mass is 10.0. The monoisotopic (exact) mass is 341 g/mol. The van der Waals surface area contributed by atoms with Crippen molar-refractivity contribution < 1.29 is 0 Å². The van der Waals surface area contributed by atoms with Gasteiger partial charge in [0.2, 0.25) is 0 Å². The summed E-state index contributed by atoms with van der Waals surface area (Å²) in [6, 6.07) is 14.3. The Labute approximate surface area is 150 Å². The van der Waals surface area contributed by atoms with Crippen LogP contribution in [0.1, 0.15) is 11.1 Å². The van der Waals surface area contributed by atoms with Crippen LogP contribution in [0.15, 0.2) is 47.3 Å². The first-order chi connectivity index (χ1) is 12.5. The summed E-state index contributed by atoms with van der Waals surface area (Å²) in [6.07, 6.45) is 0. The van der Waals surface area contributed by atoms with Crippen molar-refractivity contribution in [2.24, 2.45) is 0 Å². The molecular formula is C22H19N3O. The molecule has 0 aliphatic rings. The van der Waals surface area contributed by atoms with Gasteiger partial charge in [-0.3, -0.25) is 9.20 Å². The standard InChI is InChI=1S/C22H19N3O/c1-12-10-13(2)20-18(11-12)25-21(23-20)15-8-9-17(24(3)4)14-6-5-7-16(19(14)15)22(25)26/h5-11H,1-4H3. The van der Waals surface area contributed by atoms with E-state index in [0.29, 0.717) is 0 Å². The molecule has 2 aromatic heterocycles. The van der Waals surface area contributed by atoms with E-state index in [-0.39, 0.29) is 5.56 Å². The van der Waals surface area contributed by atoms with Gasteiger partial charge in [0, 0.05) is 41.3 Å². The second-order valence-corrected chi connectivity index (χ2v) is 7.28. The molecule has 5 rings (SSSR count). The number of anilines is 1. The van der Waals surface area contributed by atoms with E-state index in [2.05, 4.69) is 49.1 Å². The highest BCUT2D eigenvalue weighted by molar-refractivity contribution is 6.18. The SMILES string of the molecule is Cc1cc(C)c2nc3c4ccc(N(C)C)c5cccc(c(=O)n3c2c1)c54. The van der Waals surface area contributed by atoms with Gasteiger partial charge in [-0.15, -0.1) is 0 Å². The Balaban J connectivity index is 2.14. The molecule has 26 heavy (non-hydrogen) atoms. The minimum absolute atomic E-state index is 0.00139. The van der Waals surface area contributed by atoms with Crippen LogP contribution in [0.2, 0.25) is 0 Å². The van der Waals surface area contributed by atoms with Gasteiger partial charge in [0.15, 0.2) is 0 Å². The topological polar surface area (TPSA) is 37.6 Å². The fraction of sp³-hybridized carbons (Fsp3) is 0.182. The van der Waals surface area contributed by atoms with Crippen molar-refractivity contribution in [2.75, 3.05) is 19.0 Å². The Morgan fingerprint density at radius 2 is 1.73 bits per heavy atom. The molecule has 4 nitrogen and oxygen atoms in total. The van der Waals surface area contributed by atoms with Crippen molar-refractivity contribution in [2.45, 2.75) is 13.8 Å². The Hall–Kier alpha value is -3.14. The minimum Gasteiger partial charge on any atom is -0.377 e. The van der Waals surface area contributed by atoms with Gasteiger partial charge < -0.3 is 4.90 Å². The number of aromatic nitrogens is 2. The fourth-order valence-corrected chi connectivity index (χ4v) is 4.18. The quantitative estimate of drug-likeness (QED) is 0.457. The molecule has 0 atom stereocenters. The smallest absolute Gasteiger partial charge is 0.264 e. The van der Waals surface area contributed by atoms with Gasteiger partial charge in [-0.25, -0.2) is 4.98 Å². The molecule has 0 saturated carbocycles. The normalized spacial score (nSPS) is 12.0. The zero-order valence-electron chi connectivity index (χ0n) is 15.3. The molecule has 0 spiro atoms. The average Bonchev–Trinajstić information content (AvgIpc) is 2.99. The number of pyridine rings is 1. The predicted octanol–water partition coefficient (Wildman–Crippen LogP) is 4.27. The number of hydrogen-bond donors (Lipinski definition) is 0. The number of rotatable bonds is 1. The number of benzene rings is 3. The summed E-state index contributed by atoms with van der Waals surface area (Å²) in [5.41, 5.74) is 5.88. The zero-order valence-corrected chi connectivity index (χ0v) is 15.3. The van der Waals surface area contributed by atoms with Crippen molar-refractivity contribution in [3.8, 4) is 0 Å². The van der Waals surface area contributed by atoms with Crippen molar-refractivity contribution in [1.29, 1.82) is 0 Å². The molecule has 5 aromatic rings. The van der Waals surface area contributed by atoms with Gasteiger partial charge in [0.1, 0.15) is 5.65 Å². The van der Waals surface area contributed by atoms with Crippen LogP contribution in [0.3, 0.4) is 0 Å². The van der Waals surface area contributed by atoms with Crippen LogP contribution in [0.25, 0.3) is 38.2 Å². The van der Waals surface area contributed by atoms with Crippen LogP contribution >= 0.6 is 0 Å². The number of fused-ring (bicyclic) bond motifs is 4. The zero-order chi connectivity index (χ0) is 18.2. The molecule has 3 aromatic carbocycles. The molecule has 0 amide bonds. The van der Waals surface area contributed by atoms with E-state index in [1.54, 1.807) is 4.40 Å². The summed E-state index contributed by atoms with van der Waals surface area (Å²) in [4.78, 5) is 20.3. The van der Waals surface area contributed by atoms with Crippen LogP contribution in [0.4, 0.5) is 5.69 Å². The maximum absolute atomic E-state index is 13.4. The highest BCUT2D eigenvalue weighted by Crippen LogP contribution is 2.35. The lowest BCUT2D eigenvalue weighted by molar-refractivity contribution is 1.14. The van der Waals surface area contributed by atoms with Crippen molar-refractivity contribution >= 4 is 43.9 Å². The van der Waals surface area contributed by atoms with Crippen LogP contribution in [-0.4, -0.2) is 23.5 Å². The van der Waals surface area contributed by atoms with Crippen LogP contribution in [0.5, 0.6) is 0 Å². The fourth-order valence-electron chi connectivity index (χ4n) is 4.18. The minimum atomic E-state index is 0.00139. The van der Waals surface area contributed by atoms with Crippen molar-refractivity contribution in [3.63, 3.8) is 0 Å². The number of hydrogen-bond acceptors (Lipinski definition) is 3. The van der Waals surface area contributed by atoms with E-state index in [0.717, 1.165) is 55.0 Å². The van der Waals surface area contributed by atoms with E-state index in [4.69, 9.17) is 4.98 Å². The van der Waals surface area contributed by atoms with Gasteiger partial charge >= 0.3 is 0 Å². The molecule has 0 radical (unpaired) electrons. The Bertz CT molecular complexity index is 1400. The van der Waals surface area contributed by atoms with E-state index < -0.39 is 0 Å². The van der Waals surface area contributed by atoms with E-state index in [1.807, 2.05) is 26.2 Å². The lowest BCUT2D eigenvalue weighted by Gasteiger charge is -2.17. The first-order valence-electron chi connectivity index (χ1n) is 8.75. The van der Waals surface area contributed by atoms with Gasteiger partial charge in [-0.2, -0.15) is 0 Å². The second-order valence-electron chi connectivity index (χ2n) is 7.28. The summed E-state index contributed by atoms with van der Waals surface area (Å²) < 4.78 is 1.78. The Morgan fingerprint density at radius 1 is 0.962 bits per heavy atom. The average molecular weight is 341 g/mol. The summed E-state index contributed by atoms with van der Waals surface area (Å²) in [6.45, 7) is 4.11. The van der Waals surface area contributed by atoms with Crippen LogP contribution in [-0.2, 0) is 0 Å². The number of aryl methyl sites for hydroxylation is 2. The van der Waals surface area contributed by atoms with Gasteiger partial charge in [0.05, 0.1) is 11.0 Å². The van der Waals surface area contributed by atoms with Gasteiger partial charge in [-0.05, 0) is 49.2 Å². The van der Waals surface area contributed by atoms with E-state index in [1.165, 1.54) is 0 Å².